The number of piperazine rings is 1. The molecule has 1 aliphatic heterocycles. The highest BCUT2D eigenvalue weighted by Gasteiger charge is 2.27. The van der Waals surface area contributed by atoms with E-state index in [2.05, 4.69) is 0 Å². The summed E-state index contributed by atoms with van der Waals surface area (Å²) in [6.07, 6.45) is 0. The Balaban J connectivity index is 1.70. The summed E-state index contributed by atoms with van der Waals surface area (Å²) in [5.41, 5.74) is 2.75. The Morgan fingerprint density at radius 1 is 1.00 bits per heavy atom. The topological polar surface area (TPSA) is 49.9 Å². The highest BCUT2D eigenvalue weighted by molar-refractivity contribution is 7.12. The van der Waals surface area contributed by atoms with Crippen LogP contribution in [0, 0.1) is 13.8 Å². The molecule has 0 saturated carbocycles. The number of carbonyl (C=O) groups is 2. The van der Waals surface area contributed by atoms with Gasteiger partial charge in [-0.1, -0.05) is 6.07 Å². The Morgan fingerprint density at radius 2 is 1.60 bits per heavy atom. The summed E-state index contributed by atoms with van der Waals surface area (Å²) in [5.74, 6) is 0.610. The first-order valence-corrected chi connectivity index (χ1v) is 9.16. The Bertz CT molecular complexity index is 778. The van der Waals surface area contributed by atoms with Gasteiger partial charge in [0.1, 0.15) is 5.75 Å². The summed E-state index contributed by atoms with van der Waals surface area (Å²) in [6, 6.07) is 7.51. The molecule has 1 saturated heterocycles. The summed E-state index contributed by atoms with van der Waals surface area (Å²) >= 11 is 1.45. The van der Waals surface area contributed by atoms with Crippen LogP contribution in [0.15, 0.2) is 29.6 Å². The van der Waals surface area contributed by atoms with Gasteiger partial charge in [0.2, 0.25) is 0 Å². The minimum Gasteiger partial charge on any atom is -0.496 e. The smallest absolute Gasteiger partial charge is 0.264 e. The summed E-state index contributed by atoms with van der Waals surface area (Å²) in [4.78, 5) is 29.7. The van der Waals surface area contributed by atoms with Gasteiger partial charge in [-0.3, -0.25) is 9.59 Å². The van der Waals surface area contributed by atoms with Crippen LogP contribution in [0.5, 0.6) is 5.75 Å². The normalized spacial score (nSPS) is 14.5. The highest BCUT2D eigenvalue weighted by Crippen LogP contribution is 2.25. The lowest BCUT2D eigenvalue weighted by atomic mass is 10.0. The van der Waals surface area contributed by atoms with Gasteiger partial charge in [0, 0.05) is 26.2 Å². The van der Waals surface area contributed by atoms with Gasteiger partial charge >= 0.3 is 0 Å². The summed E-state index contributed by atoms with van der Waals surface area (Å²) in [7, 11) is 1.58. The molecule has 0 radical (unpaired) electrons. The predicted molar refractivity (Wildman–Crippen MR) is 98.6 cm³/mol. The van der Waals surface area contributed by atoms with E-state index in [9.17, 15) is 9.59 Å². The molecule has 1 aromatic heterocycles. The SMILES string of the molecule is COc1cc(C)c(C)cc1C(=O)N1CCN(C(=O)c2cccs2)CC1. The molecule has 0 atom stereocenters. The molecule has 0 aliphatic carbocycles. The molecule has 2 heterocycles. The quantitative estimate of drug-likeness (QED) is 0.848. The van der Waals surface area contributed by atoms with Crippen molar-refractivity contribution in [1.82, 2.24) is 9.80 Å². The number of thiophene rings is 1. The van der Waals surface area contributed by atoms with E-state index >= 15 is 0 Å². The van der Waals surface area contributed by atoms with Crippen LogP contribution in [0.1, 0.15) is 31.2 Å². The Kier molecular flexibility index (Phi) is 5.08. The maximum atomic E-state index is 12.9. The Hall–Kier alpha value is -2.34. The zero-order chi connectivity index (χ0) is 18.0. The number of nitrogens with zero attached hydrogens (tertiary/aromatic N) is 2. The lowest BCUT2D eigenvalue weighted by Gasteiger charge is -2.34. The number of hydrogen-bond donors (Lipinski definition) is 0. The number of carbonyl (C=O) groups excluding carboxylic acids is 2. The fraction of sp³-hybridized carbons (Fsp3) is 0.368. The third kappa shape index (κ3) is 3.54. The molecule has 6 heteroatoms. The lowest BCUT2D eigenvalue weighted by molar-refractivity contribution is 0.0536. The number of aryl methyl sites for hydroxylation is 2. The van der Waals surface area contributed by atoms with Crippen LogP contribution in [0.2, 0.25) is 0 Å². The minimum atomic E-state index is -0.0387. The molecule has 25 heavy (non-hydrogen) atoms. The highest BCUT2D eigenvalue weighted by atomic mass is 32.1. The molecule has 1 fully saturated rings. The first kappa shape index (κ1) is 17.5. The molecule has 0 N–H and O–H groups in total. The van der Waals surface area contributed by atoms with Crippen molar-refractivity contribution in [3.8, 4) is 5.75 Å². The van der Waals surface area contributed by atoms with Crippen LogP contribution < -0.4 is 4.74 Å². The lowest BCUT2D eigenvalue weighted by Crippen LogP contribution is -2.50. The van der Waals surface area contributed by atoms with Crippen molar-refractivity contribution in [3.05, 3.63) is 51.2 Å². The first-order valence-electron chi connectivity index (χ1n) is 8.28. The van der Waals surface area contributed by atoms with Gasteiger partial charge in [-0.2, -0.15) is 0 Å². The number of hydrogen-bond acceptors (Lipinski definition) is 4. The van der Waals surface area contributed by atoms with Crippen molar-refractivity contribution in [2.45, 2.75) is 13.8 Å². The standard InChI is InChI=1S/C19H22N2O3S/c1-13-11-15(16(24-3)12-14(13)2)18(22)20-6-8-21(9-7-20)19(23)17-5-4-10-25-17/h4-5,10-12H,6-9H2,1-3H3. The third-order valence-corrected chi connectivity index (χ3v) is 5.49. The molecule has 0 spiro atoms. The van der Waals surface area contributed by atoms with Crippen molar-refractivity contribution in [2.24, 2.45) is 0 Å². The number of ether oxygens (including phenoxy) is 1. The van der Waals surface area contributed by atoms with Crippen molar-refractivity contribution >= 4 is 23.2 Å². The van der Waals surface area contributed by atoms with Gasteiger partial charge in [0.05, 0.1) is 17.6 Å². The van der Waals surface area contributed by atoms with Crippen LogP contribution in [0.4, 0.5) is 0 Å². The maximum Gasteiger partial charge on any atom is 0.264 e. The molecule has 1 aromatic carbocycles. The Morgan fingerprint density at radius 3 is 2.16 bits per heavy atom. The van der Waals surface area contributed by atoms with Gasteiger partial charge in [-0.15, -0.1) is 11.3 Å². The molecule has 5 nitrogen and oxygen atoms in total. The molecular formula is C19H22N2O3S. The first-order chi connectivity index (χ1) is 12.0. The number of methoxy groups -OCH3 is 1. The monoisotopic (exact) mass is 358 g/mol. The molecule has 1 aliphatic rings. The van der Waals surface area contributed by atoms with E-state index in [-0.39, 0.29) is 11.8 Å². The van der Waals surface area contributed by atoms with E-state index < -0.39 is 0 Å². The zero-order valence-electron chi connectivity index (χ0n) is 14.7. The van der Waals surface area contributed by atoms with E-state index in [1.54, 1.807) is 12.0 Å². The van der Waals surface area contributed by atoms with E-state index in [4.69, 9.17) is 4.74 Å². The molecule has 0 unspecified atom stereocenters. The number of benzene rings is 1. The van der Waals surface area contributed by atoms with Crippen molar-refractivity contribution in [3.63, 3.8) is 0 Å². The summed E-state index contributed by atoms with van der Waals surface area (Å²) < 4.78 is 5.39. The summed E-state index contributed by atoms with van der Waals surface area (Å²) in [6.45, 7) is 6.16. The molecule has 3 rings (SSSR count). The fourth-order valence-corrected chi connectivity index (χ4v) is 3.66. The maximum absolute atomic E-state index is 12.9. The molecule has 2 amide bonds. The van der Waals surface area contributed by atoms with Crippen LogP contribution in [0.3, 0.4) is 0 Å². The van der Waals surface area contributed by atoms with Crippen LogP contribution in [-0.2, 0) is 0 Å². The molecule has 2 aromatic rings. The minimum absolute atomic E-state index is 0.0387. The van der Waals surface area contributed by atoms with E-state index in [1.807, 2.05) is 48.4 Å². The van der Waals surface area contributed by atoms with Crippen molar-refractivity contribution < 1.29 is 14.3 Å². The van der Waals surface area contributed by atoms with Crippen LogP contribution in [0.25, 0.3) is 0 Å². The van der Waals surface area contributed by atoms with E-state index in [0.717, 1.165) is 16.0 Å². The summed E-state index contributed by atoms with van der Waals surface area (Å²) in [5, 5.41) is 1.90. The average Bonchev–Trinajstić information content (AvgIpc) is 3.17. The third-order valence-electron chi connectivity index (χ3n) is 4.63. The van der Waals surface area contributed by atoms with Gasteiger partial charge < -0.3 is 14.5 Å². The largest absolute Gasteiger partial charge is 0.496 e. The fourth-order valence-electron chi connectivity index (χ4n) is 2.96. The van der Waals surface area contributed by atoms with Crippen molar-refractivity contribution in [1.29, 1.82) is 0 Å². The molecule has 0 bridgehead atoms. The second kappa shape index (κ2) is 7.27. The van der Waals surface area contributed by atoms with Crippen LogP contribution >= 0.6 is 11.3 Å². The van der Waals surface area contributed by atoms with Gasteiger partial charge in [0.15, 0.2) is 0 Å². The average molecular weight is 358 g/mol. The van der Waals surface area contributed by atoms with Gasteiger partial charge in [-0.05, 0) is 48.6 Å². The molecular weight excluding hydrogens is 336 g/mol. The zero-order valence-corrected chi connectivity index (χ0v) is 15.6. The Labute approximate surface area is 151 Å². The second-order valence-electron chi connectivity index (χ2n) is 6.20. The van der Waals surface area contributed by atoms with Gasteiger partial charge in [0.25, 0.3) is 11.8 Å². The second-order valence-corrected chi connectivity index (χ2v) is 7.15. The van der Waals surface area contributed by atoms with Crippen molar-refractivity contribution in [2.75, 3.05) is 33.3 Å². The molecule has 132 valence electrons. The van der Waals surface area contributed by atoms with E-state index in [0.29, 0.717) is 37.5 Å². The number of amides is 2. The van der Waals surface area contributed by atoms with Gasteiger partial charge in [-0.25, -0.2) is 0 Å². The van der Waals surface area contributed by atoms with Crippen LogP contribution in [-0.4, -0.2) is 54.9 Å². The van der Waals surface area contributed by atoms with E-state index in [1.165, 1.54) is 11.3 Å². The number of rotatable bonds is 3. The predicted octanol–water partition coefficient (Wildman–Crippen LogP) is 2.97.